The lowest BCUT2D eigenvalue weighted by Crippen LogP contribution is -2.41. The third-order valence-electron chi connectivity index (χ3n) is 5.81. The van der Waals surface area contributed by atoms with Gasteiger partial charge in [0, 0.05) is 36.9 Å². The maximum atomic E-state index is 14.5. The van der Waals surface area contributed by atoms with Crippen LogP contribution < -0.4 is 0 Å². The number of piperidine rings is 1. The van der Waals surface area contributed by atoms with Crippen LogP contribution in [0.25, 0.3) is 10.9 Å². The molecule has 3 aromatic rings. The van der Waals surface area contributed by atoms with E-state index in [1.165, 1.54) is 6.07 Å². The van der Waals surface area contributed by atoms with Crippen LogP contribution in [0.5, 0.6) is 0 Å². The Hall–Kier alpha value is -3.49. The third-order valence-corrected chi connectivity index (χ3v) is 5.81. The minimum Gasteiger partial charge on any atom is -0.444 e. The first-order chi connectivity index (χ1) is 15.6. The summed E-state index contributed by atoms with van der Waals surface area (Å²) >= 11 is 0. The number of non-ortho nitro benzene ring substituents is 1. The Labute approximate surface area is 191 Å². The van der Waals surface area contributed by atoms with Gasteiger partial charge in [0.25, 0.3) is 5.69 Å². The van der Waals surface area contributed by atoms with Crippen molar-refractivity contribution in [1.82, 2.24) is 14.5 Å². The SMILES string of the molecule is CC(C)(C)OC(=O)N1CCC(c2ccc(Cn3ccc4cc([N+](=O)[O-])cc(F)c43)nc2)CC1. The van der Waals surface area contributed by atoms with Crippen molar-refractivity contribution in [3.05, 3.63) is 69.9 Å². The molecule has 0 spiro atoms. The smallest absolute Gasteiger partial charge is 0.410 e. The van der Waals surface area contributed by atoms with E-state index in [-0.39, 0.29) is 11.8 Å². The highest BCUT2D eigenvalue weighted by atomic mass is 19.1. The highest BCUT2D eigenvalue weighted by Crippen LogP contribution is 2.29. The Balaban J connectivity index is 1.41. The van der Waals surface area contributed by atoms with E-state index < -0.39 is 16.3 Å². The number of carbonyl (C=O) groups is 1. The van der Waals surface area contributed by atoms with Crippen LogP contribution >= 0.6 is 0 Å². The average Bonchev–Trinajstić information content (AvgIpc) is 3.16. The molecular formula is C24H27FN4O4. The number of likely N-dealkylation sites (tertiary alicyclic amines) is 1. The molecule has 8 nitrogen and oxygen atoms in total. The molecule has 0 atom stereocenters. The lowest BCUT2D eigenvalue weighted by molar-refractivity contribution is -0.384. The van der Waals surface area contributed by atoms with Gasteiger partial charge in [-0.1, -0.05) is 6.07 Å². The number of nitro benzene ring substituents is 1. The van der Waals surface area contributed by atoms with Gasteiger partial charge in [0.05, 0.1) is 28.7 Å². The molecule has 0 bridgehead atoms. The summed E-state index contributed by atoms with van der Waals surface area (Å²) in [6, 6.07) is 7.93. The monoisotopic (exact) mass is 454 g/mol. The van der Waals surface area contributed by atoms with E-state index in [0.29, 0.717) is 36.5 Å². The number of rotatable bonds is 4. The second kappa shape index (κ2) is 8.80. The topological polar surface area (TPSA) is 90.5 Å². The quantitative estimate of drug-likeness (QED) is 0.397. The molecule has 9 heteroatoms. The van der Waals surface area contributed by atoms with Crippen molar-refractivity contribution < 1.29 is 18.8 Å². The van der Waals surface area contributed by atoms with E-state index in [1.807, 2.05) is 39.1 Å². The van der Waals surface area contributed by atoms with Gasteiger partial charge in [-0.05, 0) is 57.2 Å². The lowest BCUT2D eigenvalue weighted by Gasteiger charge is -2.33. The molecule has 1 aliphatic heterocycles. The van der Waals surface area contributed by atoms with Crippen LogP contribution in [0.3, 0.4) is 0 Å². The van der Waals surface area contributed by atoms with Crippen LogP contribution in [0.4, 0.5) is 14.9 Å². The number of nitro groups is 1. The van der Waals surface area contributed by atoms with Crippen molar-refractivity contribution in [1.29, 1.82) is 0 Å². The molecule has 0 saturated carbocycles. The second-order valence-electron chi connectivity index (χ2n) is 9.39. The van der Waals surface area contributed by atoms with Crippen molar-refractivity contribution in [3.8, 4) is 0 Å². The summed E-state index contributed by atoms with van der Waals surface area (Å²) in [4.78, 5) is 28.9. The number of amides is 1. The summed E-state index contributed by atoms with van der Waals surface area (Å²) < 4.78 is 21.7. The van der Waals surface area contributed by atoms with Gasteiger partial charge in [-0.15, -0.1) is 0 Å². The highest BCUT2D eigenvalue weighted by Gasteiger charge is 2.27. The molecule has 0 aliphatic carbocycles. The molecule has 1 aliphatic rings. The van der Waals surface area contributed by atoms with Crippen LogP contribution in [0.15, 0.2) is 42.7 Å². The fourth-order valence-electron chi connectivity index (χ4n) is 4.18. The number of halogens is 1. The summed E-state index contributed by atoms with van der Waals surface area (Å²) in [5, 5.41) is 11.4. The van der Waals surface area contributed by atoms with Crippen LogP contribution in [0.1, 0.15) is 50.8 Å². The Bertz CT molecular complexity index is 1180. The van der Waals surface area contributed by atoms with Crippen molar-refractivity contribution in [3.63, 3.8) is 0 Å². The van der Waals surface area contributed by atoms with Gasteiger partial charge in [-0.3, -0.25) is 15.1 Å². The first-order valence-corrected chi connectivity index (χ1v) is 11.0. The standard InChI is InChI=1S/C24H27FN4O4/c1-24(2,3)33-23(30)27-9-6-16(7-10-27)18-4-5-19(26-14-18)15-28-11-8-17-12-20(29(31)32)13-21(25)22(17)28/h4-5,8,11-14,16H,6-7,9-10,15H2,1-3H3. The van der Waals surface area contributed by atoms with Crippen LogP contribution in [0.2, 0.25) is 0 Å². The zero-order chi connectivity index (χ0) is 23.8. The van der Waals surface area contributed by atoms with E-state index in [1.54, 1.807) is 21.7 Å². The summed E-state index contributed by atoms with van der Waals surface area (Å²) in [5.74, 6) is -0.312. The van der Waals surface area contributed by atoms with Crippen molar-refractivity contribution in [2.24, 2.45) is 0 Å². The normalized spacial score (nSPS) is 15.1. The van der Waals surface area contributed by atoms with Gasteiger partial charge in [0.1, 0.15) is 5.60 Å². The average molecular weight is 455 g/mol. The largest absolute Gasteiger partial charge is 0.444 e. The maximum Gasteiger partial charge on any atom is 0.410 e. The summed E-state index contributed by atoms with van der Waals surface area (Å²) in [6.07, 6.45) is 4.96. The summed E-state index contributed by atoms with van der Waals surface area (Å²) in [7, 11) is 0. The molecule has 4 rings (SSSR count). The number of nitrogens with zero attached hydrogens (tertiary/aromatic N) is 4. The summed E-state index contributed by atoms with van der Waals surface area (Å²) in [5.41, 5.74) is 1.43. The fourth-order valence-corrected chi connectivity index (χ4v) is 4.18. The first-order valence-electron chi connectivity index (χ1n) is 11.0. The van der Waals surface area contributed by atoms with Gasteiger partial charge in [-0.2, -0.15) is 0 Å². The minimum absolute atomic E-state index is 0.266. The first kappa shape index (κ1) is 22.7. The molecule has 1 saturated heterocycles. The van der Waals surface area contributed by atoms with Gasteiger partial charge in [0.15, 0.2) is 5.82 Å². The number of carbonyl (C=O) groups excluding carboxylic acids is 1. The van der Waals surface area contributed by atoms with Gasteiger partial charge in [0.2, 0.25) is 0 Å². The van der Waals surface area contributed by atoms with Gasteiger partial charge >= 0.3 is 6.09 Å². The molecule has 0 unspecified atom stereocenters. The Morgan fingerprint density at radius 1 is 1.24 bits per heavy atom. The van der Waals surface area contributed by atoms with Crippen molar-refractivity contribution in [2.75, 3.05) is 13.1 Å². The van der Waals surface area contributed by atoms with E-state index in [9.17, 15) is 19.3 Å². The third kappa shape index (κ3) is 5.13. The molecule has 1 fully saturated rings. The number of pyridine rings is 1. The predicted molar refractivity (Wildman–Crippen MR) is 122 cm³/mol. The van der Waals surface area contributed by atoms with E-state index in [4.69, 9.17) is 4.74 Å². The van der Waals surface area contributed by atoms with Gasteiger partial charge < -0.3 is 14.2 Å². The summed E-state index contributed by atoms with van der Waals surface area (Å²) in [6.45, 7) is 7.22. The molecular weight excluding hydrogens is 427 g/mol. The number of hydrogen-bond acceptors (Lipinski definition) is 5. The molecule has 0 N–H and O–H groups in total. The molecule has 174 valence electrons. The number of hydrogen-bond donors (Lipinski definition) is 0. The molecule has 2 aromatic heterocycles. The molecule has 0 radical (unpaired) electrons. The Kier molecular flexibility index (Phi) is 6.05. The van der Waals surface area contributed by atoms with E-state index in [2.05, 4.69) is 4.98 Å². The van der Waals surface area contributed by atoms with Crippen molar-refractivity contribution in [2.45, 2.75) is 51.7 Å². The molecule has 33 heavy (non-hydrogen) atoms. The van der Waals surface area contributed by atoms with E-state index >= 15 is 0 Å². The maximum absolute atomic E-state index is 14.5. The minimum atomic E-state index is -0.627. The zero-order valence-electron chi connectivity index (χ0n) is 19.0. The van der Waals surface area contributed by atoms with Crippen LogP contribution in [-0.4, -0.2) is 44.2 Å². The molecule has 1 amide bonds. The Morgan fingerprint density at radius 3 is 2.58 bits per heavy atom. The number of ether oxygens (including phenoxy) is 1. The predicted octanol–water partition coefficient (Wildman–Crippen LogP) is 5.25. The van der Waals surface area contributed by atoms with E-state index in [0.717, 1.165) is 30.2 Å². The van der Waals surface area contributed by atoms with Crippen LogP contribution in [0, 0.1) is 15.9 Å². The second-order valence-corrected chi connectivity index (χ2v) is 9.39. The lowest BCUT2D eigenvalue weighted by atomic mass is 9.90. The van der Waals surface area contributed by atoms with Gasteiger partial charge in [-0.25, -0.2) is 9.18 Å². The fraction of sp³-hybridized carbons (Fsp3) is 0.417. The highest BCUT2D eigenvalue weighted by molar-refractivity contribution is 5.83. The number of benzene rings is 1. The number of aromatic nitrogens is 2. The van der Waals surface area contributed by atoms with Crippen LogP contribution in [-0.2, 0) is 11.3 Å². The number of fused-ring (bicyclic) bond motifs is 1. The van der Waals surface area contributed by atoms with Crippen molar-refractivity contribution >= 4 is 22.7 Å². The zero-order valence-corrected chi connectivity index (χ0v) is 19.0. The molecule has 1 aromatic carbocycles. The molecule has 3 heterocycles. The Morgan fingerprint density at radius 2 is 1.97 bits per heavy atom.